The lowest BCUT2D eigenvalue weighted by Crippen LogP contribution is -2.38. The van der Waals surface area contributed by atoms with Crippen molar-refractivity contribution in [3.05, 3.63) is 47.0 Å². The number of hydrogen-bond donors (Lipinski definition) is 1. The van der Waals surface area contributed by atoms with Crippen LogP contribution in [0.25, 0.3) is 0 Å². The van der Waals surface area contributed by atoms with Crippen molar-refractivity contribution in [3.63, 3.8) is 0 Å². The molecule has 27 heavy (non-hydrogen) atoms. The molecule has 1 aromatic heterocycles. The van der Waals surface area contributed by atoms with Crippen LogP contribution in [0, 0.1) is 18.7 Å². The monoisotopic (exact) mass is 370 g/mol. The number of ether oxygens (including phenoxy) is 1. The smallest absolute Gasteiger partial charge is 0.227 e. The Morgan fingerprint density at radius 2 is 2.15 bits per heavy atom. The van der Waals surface area contributed by atoms with E-state index in [0.29, 0.717) is 26.1 Å². The average Bonchev–Trinajstić information content (AvgIpc) is 2.70. The summed E-state index contributed by atoms with van der Waals surface area (Å²) >= 11 is 0. The maximum atomic E-state index is 13.9. The first-order valence-corrected chi connectivity index (χ1v) is 9.34. The van der Waals surface area contributed by atoms with Crippen molar-refractivity contribution in [2.24, 2.45) is 5.92 Å². The molecule has 1 aliphatic heterocycles. The molecule has 2 heterocycles. The summed E-state index contributed by atoms with van der Waals surface area (Å²) in [5.74, 6) is -0.0249. The van der Waals surface area contributed by atoms with Crippen LogP contribution in [0.3, 0.4) is 0 Å². The Bertz CT molecular complexity index is 852. The molecule has 1 aliphatic carbocycles. The zero-order valence-corrected chi connectivity index (χ0v) is 15.4. The van der Waals surface area contributed by atoms with Crippen LogP contribution in [0.4, 0.5) is 16.0 Å². The van der Waals surface area contributed by atoms with E-state index in [1.54, 1.807) is 12.1 Å². The van der Waals surface area contributed by atoms with E-state index in [0.717, 1.165) is 42.3 Å². The highest BCUT2D eigenvalue weighted by Crippen LogP contribution is 2.27. The van der Waals surface area contributed by atoms with Gasteiger partial charge in [0.25, 0.3) is 0 Å². The first-order valence-electron chi connectivity index (χ1n) is 9.34. The molecule has 142 valence electrons. The fourth-order valence-corrected chi connectivity index (χ4v) is 3.61. The van der Waals surface area contributed by atoms with Gasteiger partial charge in [0.05, 0.1) is 18.9 Å². The number of carbonyl (C=O) groups excluding carboxylic acids is 1. The molecule has 1 fully saturated rings. The van der Waals surface area contributed by atoms with Crippen LogP contribution in [0.1, 0.15) is 23.2 Å². The number of rotatable bonds is 3. The van der Waals surface area contributed by atoms with Gasteiger partial charge in [0.1, 0.15) is 5.82 Å². The molecule has 0 saturated carbocycles. The van der Waals surface area contributed by atoms with Crippen LogP contribution in [-0.2, 0) is 22.4 Å². The molecule has 7 heteroatoms. The summed E-state index contributed by atoms with van der Waals surface area (Å²) in [6.07, 6.45) is 3.84. The highest BCUT2D eigenvalue weighted by molar-refractivity contribution is 5.93. The number of nitrogens with one attached hydrogen (secondary N) is 1. The molecule has 4 rings (SSSR count). The molecule has 1 saturated heterocycles. The predicted molar refractivity (Wildman–Crippen MR) is 100 cm³/mol. The average molecular weight is 370 g/mol. The molecule has 2 aromatic rings. The fourth-order valence-electron chi connectivity index (χ4n) is 3.61. The standard InChI is InChI=1S/C20H23FN4O2/c1-13-2-4-16(21)18(10-13)23-19(26)14-3-5-17-15(11-14)12-22-20(24-17)25-6-8-27-9-7-25/h2,4,10,12,14H,3,5-9,11H2,1H3,(H,23,26). The molecule has 0 bridgehead atoms. The summed E-state index contributed by atoms with van der Waals surface area (Å²) in [6.45, 7) is 4.85. The molecule has 1 atom stereocenters. The summed E-state index contributed by atoms with van der Waals surface area (Å²) in [6, 6.07) is 4.72. The second-order valence-electron chi connectivity index (χ2n) is 7.15. The Morgan fingerprint density at radius 1 is 1.33 bits per heavy atom. The van der Waals surface area contributed by atoms with Crippen LogP contribution in [-0.4, -0.2) is 42.2 Å². The number of aryl methyl sites for hydroxylation is 2. The normalized spacial score (nSPS) is 19.5. The number of fused-ring (bicyclic) bond motifs is 1. The number of amides is 1. The van der Waals surface area contributed by atoms with Crippen molar-refractivity contribution >= 4 is 17.5 Å². The Morgan fingerprint density at radius 3 is 2.96 bits per heavy atom. The van der Waals surface area contributed by atoms with Crippen LogP contribution < -0.4 is 10.2 Å². The predicted octanol–water partition coefficient (Wildman–Crippen LogP) is 2.50. The van der Waals surface area contributed by atoms with Gasteiger partial charge in [-0.2, -0.15) is 0 Å². The summed E-state index contributed by atoms with van der Waals surface area (Å²) < 4.78 is 19.3. The highest BCUT2D eigenvalue weighted by Gasteiger charge is 2.27. The molecule has 0 radical (unpaired) electrons. The molecule has 2 aliphatic rings. The first kappa shape index (κ1) is 17.9. The van der Waals surface area contributed by atoms with Gasteiger partial charge >= 0.3 is 0 Å². The Kier molecular flexibility index (Phi) is 5.03. The number of carbonyl (C=O) groups is 1. The van der Waals surface area contributed by atoms with E-state index in [9.17, 15) is 9.18 Å². The van der Waals surface area contributed by atoms with E-state index in [1.165, 1.54) is 6.07 Å². The van der Waals surface area contributed by atoms with Crippen molar-refractivity contribution in [2.45, 2.75) is 26.2 Å². The SMILES string of the molecule is Cc1ccc(F)c(NC(=O)C2CCc3nc(N4CCOCC4)ncc3C2)c1. The largest absolute Gasteiger partial charge is 0.378 e. The van der Waals surface area contributed by atoms with E-state index in [2.05, 4.69) is 15.2 Å². The molecular weight excluding hydrogens is 347 g/mol. The first-order chi connectivity index (χ1) is 13.1. The van der Waals surface area contributed by atoms with Gasteiger partial charge in [-0.15, -0.1) is 0 Å². The van der Waals surface area contributed by atoms with E-state index in [4.69, 9.17) is 9.72 Å². The third kappa shape index (κ3) is 3.93. The second-order valence-corrected chi connectivity index (χ2v) is 7.15. The van der Waals surface area contributed by atoms with Crippen molar-refractivity contribution < 1.29 is 13.9 Å². The Labute approximate surface area is 157 Å². The van der Waals surface area contributed by atoms with Gasteiger partial charge in [-0.05, 0) is 49.4 Å². The topological polar surface area (TPSA) is 67.4 Å². The number of aromatic nitrogens is 2. The zero-order chi connectivity index (χ0) is 18.8. The third-order valence-corrected chi connectivity index (χ3v) is 5.18. The molecule has 0 spiro atoms. The summed E-state index contributed by atoms with van der Waals surface area (Å²) in [7, 11) is 0. The van der Waals surface area contributed by atoms with Crippen molar-refractivity contribution in [1.29, 1.82) is 0 Å². The van der Waals surface area contributed by atoms with Gasteiger partial charge in [-0.25, -0.2) is 14.4 Å². The number of hydrogen-bond acceptors (Lipinski definition) is 5. The molecular formula is C20H23FN4O2. The minimum Gasteiger partial charge on any atom is -0.378 e. The van der Waals surface area contributed by atoms with Gasteiger partial charge in [0.15, 0.2) is 0 Å². The van der Waals surface area contributed by atoms with Crippen LogP contribution in [0.2, 0.25) is 0 Å². The van der Waals surface area contributed by atoms with Gasteiger partial charge in [0.2, 0.25) is 11.9 Å². The molecule has 1 amide bonds. The Hall–Kier alpha value is -2.54. The van der Waals surface area contributed by atoms with E-state index in [-0.39, 0.29) is 17.5 Å². The number of anilines is 2. The van der Waals surface area contributed by atoms with Gasteiger partial charge in [-0.3, -0.25) is 4.79 Å². The van der Waals surface area contributed by atoms with Crippen LogP contribution in [0.5, 0.6) is 0 Å². The number of nitrogens with zero attached hydrogens (tertiary/aromatic N) is 3. The van der Waals surface area contributed by atoms with Gasteiger partial charge in [-0.1, -0.05) is 6.07 Å². The highest BCUT2D eigenvalue weighted by atomic mass is 19.1. The molecule has 1 N–H and O–H groups in total. The second kappa shape index (κ2) is 7.60. The number of morpholine rings is 1. The zero-order valence-electron chi connectivity index (χ0n) is 15.4. The van der Waals surface area contributed by atoms with E-state index < -0.39 is 5.82 Å². The summed E-state index contributed by atoms with van der Waals surface area (Å²) in [5.41, 5.74) is 3.16. The minimum absolute atomic E-state index is 0.151. The lowest BCUT2D eigenvalue weighted by Gasteiger charge is -2.28. The number of benzene rings is 1. The molecule has 1 unspecified atom stereocenters. The maximum Gasteiger partial charge on any atom is 0.227 e. The number of halogens is 1. The quantitative estimate of drug-likeness (QED) is 0.899. The van der Waals surface area contributed by atoms with Crippen molar-refractivity contribution in [3.8, 4) is 0 Å². The van der Waals surface area contributed by atoms with E-state index >= 15 is 0 Å². The third-order valence-electron chi connectivity index (χ3n) is 5.18. The van der Waals surface area contributed by atoms with Crippen LogP contribution >= 0.6 is 0 Å². The Balaban J connectivity index is 1.44. The van der Waals surface area contributed by atoms with E-state index in [1.807, 2.05) is 13.1 Å². The fraction of sp³-hybridized carbons (Fsp3) is 0.450. The van der Waals surface area contributed by atoms with Crippen molar-refractivity contribution in [1.82, 2.24) is 9.97 Å². The van der Waals surface area contributed by atoms with Crippen LogP contribution in [0.15, 0.2) is 24.4 Å². The molecule has 6 nitrogen and oxygen atoms in total. The lowest BCUT2D eigenvalue weighted by atomic mass is 9.86. The van der Waals surface area contributed by atoms with Gasteiger partial charge in [0, 0.05) is 30.9 Å². The van der Waals surface area contributed by atoms with Gasteiger partial charge < -0.3 is 15.0 Å². The molecule has 1 aromatic carbocycles. The van der Waals surface area contributed by atoms with Crippen molar-refractivity contribution in [2.75, 3.05) is 36.5 Å². The minimum atomic E-state index is -0.413. The lowest BCUT2D eigenvalue weighted by molar-refractivity contribution is -0.120. The maximum absolute atomic E-state index is 13.9. The summed E-state index contributed by atoms with van der Waals surface area (Å²) in [4.78, 5) is 23.9. The summed E-state index contributed by atoms with van der Waals surface area (Å²) in [5, 5.41) is 2.74.